The fourth-order valence-corrected chi connectivity index (χ4v) is 6.85. The summed E-state index contributed by atoms with van der Waals surface area (Å²) >= 11 is 3.50. The van der Waals surface area contributed by atoms with Gasteiger partial charge in [-0.3, -0.25) is 29.2 Å². The molecule has 2 aromatic rings. The van der Waals surface area contributed by atoms with Gasteiger partial charge < -0.3 is 20.4 Å². The van der Waals surface area contributed by atoms with Crippen molar-refractivity contribution in [3.8, 4) is 0 Å². The standard InChI is InChI=1S/C34H48BrN5O7/c1-5-21(3)30-34(45)38-17-11-10-14-28(38)31(42)36-26(13-9-7-8-12-24(41)6-2)33(44)40(46)29(32(43)37-30)18-22-20-39(47-4)27-16-15-23(35)19-25(22)27/h15-16,19-21,26,28-30,46H,5-14,17-18H2,1-4H3,(H,36,42)(H,37,43)/t21?,26-,28+,29-,30-/m0/s1. The number of piperidine rings is 1. The minimum atomic E-state index is -1.42. The summed E-state index contributed by atoms with van der Waals surface area (Å²) < 4.78 is 2.34. The number of Topliss-reactive ketones (excluding diaryl/α,β-unsaturated/α-hetero) is 1. The largest absolute Gasteiger partial charge is 0.417 e. The molecule has 3 N–H and O–H groups in total. The maximum atomic E-state index is 14.2. The van der Waals surface area contributed by atoms with Crippen LogP contribution in [0, 0.1) is 5.92 Å². The Labute approximate surface area is 284 Å². The van der Waals surface area contributed by atoms with Crippen molar-refractivity contribution in [2.75, 3.05) is 13.7 Å². The zero-order valence-electron chi connectivity index (χ0n) is 27.8. The molecule has 3 heterocycles. The van der Waals surface area contributed by atoms with Crippen LogP contribution in [0.3, 0.4) is 0 Å². The lowest BCUT2D eigenvalue weighted by molar-refractivity contribution is -0.183. The molecule has 2 fully saturated rings. The van der Waals surface area contributed by atoms with E-state index in [9.17, 15) is 29.2 Å². The lowest BCUT2D eigenvalue weighted by Crippen LogP contribution is -2.64. The van der Waals surface area contributed by atoms with Gasteiger partial charge in [0, 0.05) is 41.9 Å². The van der Waals surface area contributed by atoms with Gasteiger partial charge in [-0.2, -0.15) is 4.73 Å². The normalized spacial score (nSPS) is 23.4. The van der Waals surface area contributed by atoms with Gasteiger partial charge in [0.1, 0.15) is 37.1 Å². The molecule has 12 nitrogen and oxygen atoms in total. The monoisotopic (exact) mass is 717 g/mol. The molecule has 258 valence electrons. The van der Waals surface area contributed by atoms with Crippen LogP contribution in [0.1, 0.15) is 90.5 Å². The molecule has 2 saturated heterocycles. The molecule has 47 heavy (non-hydrogen) atoms. The number of rotatable bonds is 12. The van der Waals surface area contributed by atoms with Crippen LogP contribution in [0.4, 0.5) is 0 Å². The first kappa shape index (κ1) is 36.4. The molecule has 13 heteroatoms. The number of nitrogens with zero attached hydrogens (tertiary/aromatic N) is 3. The molecular formula is C34H48BrN5O7. The summed E-state index contributed by atoms with van der Waals surface area (Å²) in [7, 11) is 1.51. The van der Waals surface area contributed by atoms with Crippen molar-refractivity contribution >= 4 is 56.2 Å². The van der Waals surface area contributed by atoms with Crippen LogP contribution in [0.5, 0.6) is 0 Å². The van der Waals surface area contributed by atoms with E-state index >= 15 is 0 Å². The number of aromatic nitrogens is 1. The van der Waals surface area contributed by atoms with Crippen molar-refractivity contribution in [2.45, 2.75) is 116 Å². The smallest absolute Gasteiger partial charge is 0.269 e. The number of carbonyl (C=O) groups excluding carboxylic acids is 5. The predicted octanol–water partition coefficient (Wildman–Crippen LogP) is 3.93. The molecule has 2 aliphatic rings. The second-order valence-electron chi connectivity index (χ2n) is 12.7. The van der Waals surface area contributed by atoms with Crippen molar-refractivity contribution in [2.24, 2.45) is 5.92 Å². The fourth-order valence-electron chi connectivity index (χ4n) is 6.49. The van der Waals surface area contributed by atoms with Gasteiger partial charge in [0.05, 0.1) is 5.52 Å². The van der Waals surface area contributed by atoms with Crippen molar-refractivity contribution in [3.63, 3.8) is 0 Å². The number of nitrogens with one attached hydrogen (secondary N) is 2. The van der Waals surface area contributed by atoms with Gasteiger partial charge in [0.25, 0.3) is 5.91 Å². The van der Waals surface area contributed by atoms with Crippen LogP contribution in [0.15, 0.2) is 28.9 Å². The van der Waals surface area contributed by atoms with Crippen molar-refractivity contribution in [3.05, 3.63) is 34.4 Å². The highest BCUT2D eigenvalue weighted by Gasteiger charge is 2.43. The van der Waals surface area contributed by atoms with Gasteiger partial charge >= 0.3 is 0 Å². The van der Waals surface area contributed by atoms with Crippen molar-refractivity contribution in [1.29, 1.82) is 0 Å². The minimum Gasteiger partial charge on any atom is -0.417 e. The highest BCUT2D eigenvalue weighted by Crippen LogP contribution is 2.28. The number of carbonyl (C=O) groups is 5. The van der Waals surface area contributed by atoms with E-state index in [1.807, 2.05) is 39.0 Å². The number of hydrogen-bond donors (Lipinski definition) is 3. The Morgan fingerprint density at radius 3 is 2.53 bits per heavy atom. The molecule has 0 saturated carbocycles. The van der Waals surface area contributed by atoms with Crippen LogP contribution < -0.4 is 15.5 Å². The highest BCUT2D eigenvalue weighted by atomic mass is 79.9. The zero-order chi connectivity index (χ0) is 34.2. The van der Waals surface area contributed by atoms with Crippen LogP contribution in [-0.4, -0.2) is 87.1 Å². The lowest BCUT2D eigenvalue weighted by Gasteiger charge is -2.40. The van der Waals surface area contributed by atoms with Gasteiger partial charge in [0.15, 0.2) is 0 Å². The van der Waals surface area contributed by atoms with E-state index in [0.717, 1.165) is 28.2 Å². The third-order valence-electron chi connectivity index (χ3n) is 9.57. The first-order valence-corrected chi connectivity index (χ1v) is 17.6. The molecular weight excluding hydrogens is 670 g/mol. The average molecular weight is 719 g/mol. The van der Waals surface area contributed by atoms with E-state index in [4.69, 9.17) is 4.84 Å². The second-order valence-corrected chi connectivity index (χ2v) is 13.6. The Morgan fingerprint density at radius 2 is 1.83 bits per heavy atom. The maximum absolute atomic E-state index is 14.2. The third-order valence-corrected chi connectivity index (χ3v) is 10.1. The van der Waals surface area contributed by atoms with Gasteiger partial charge in [-0.25, -0.2) is 5.06 Å². The summed E-state index contributed by atoms with van der Waals surface area (Å²) in [4.78, 5) is 74.9. The maximum Gasteiger partial charge on any atom is 0.269 e. The predicted molar refractivity (Wildman–Crippen MR) is 179 cm³/mol. The molecule has 4 amide bonds. The topological polar surface area (TPSA) is 150 Å². The van der Waals surface area contributed by atoms with Gasteiger partial charge in [-0.15, -0.1) is 0 Å². The minimum absolute atomic E-state index is 0.0923. The Bertz CT molecular complexity index is 1460. The zero-order valence-corrected chi connectivity index (χ0v) is 29.4. The second kappa shape index (κ2) is 16.6. The van der Waals surface area contributed by atoms with Crippen LogP contribution in [0.2, 0.25) is 0 Å². The van der Waals surface area contributed by atoms with E-state index in [-0.39, 0.29) is 30.4 Å². The van der Waals surface area contributed by atoms with E-state index < -0.39 is 41.9 Å². The van der Waals surface area contributed by atoms with E-state index in [1.165, 1.54) is 7.11 Å². The Kier molecular flexibility index (Phi) is 12.8. The number of benzene rings is 1. The summed E-state index contributed by atoms with van der Waals surface area (Å²) in [5, 5.41) is 18.5. The summed E-state index contributed by atoms with van der Waals surface area (Å²) in [6.07, 6.45) is 7.00. The number of ketones is 1. The fraction of sp³-hybridized carbons (Fsp3) is 0.618. The summed E-state index contributed by atoms with van der Waals surface area (Å²) in [5.74, 6) is -2.40. The molecule has 1 aromatic carbocycles. The Hall–Kier alpha value is -3.45. The molecule has 1 unspecified atom stereocenters. The van der Waals surface area contributed by atoms with E-state index in [0.29, 0.717) is 62.1 Å². The number of amides is 4. The summed E-state index contributed by atoms with van der Waals surface area (Å²) in [6, 6.07) is 1.26. The number of halogens is 1. The quantitative estimate of drug-likeness (QED) is 0.222. The van der Waals surface area contributed by atoms with Crippen molar-refractivity contribution in [1.82, 2.24) is 25.3 Å². The summed E-state index contributed by atoms with van der Waals surface area (Å²) in [5.41, 5.74) is 1.36. The lowest BCUT2D eigenvalue weighted by atomic mass is 9.93. The molecule has 0 bridgehead atoms. The van der Waals surface area contributed by atoms with Crippen LogP contribution >= 0.6 is 15.9 Å². The number of hydroxylamine groups is 2. The molecule has 1 aromatic heterocycles. The van der Waals surface area contributed by atoms with Gasteiger partial charge in [-0.05, 0) is 61.8 Å². The van der Waals surface area contributed by atoms with E-state index in [2.05, 4.69) is 26.6 Å². The van der Waals surface area contributed by atoms with Gasteiger partial charge in [-0.1, -0.05) is 56.0 Å². The molecule has 0 spiro atoms. The van der Waals surface area contributed by atoms with Gasteiger partial charge in [0.2, 0.25) is 17.7 Å². The van der Waals surface area contributed by atoms with E-state index in [1.54, 1.807) is 15.8 Å². The SMILES string of the molecule is CCC(=O)CCCCC[C@@H]1NC(=O)[C@H]2CCCCN2C(=O)[C@H](C(C)CC)NC(=O)[C@H](Cc2cn(OC)c3ccc(Br)cc23)N(O)C1=O. The highest BCUT2D eigenvalue weighted by molar-refractivity contribution is 9.10. The average Bonchev–Trinajstić information content (AvgIpc) is 3.42. The molecule has 0 radical (unpaired) electrons. The Balaban J connectivity index is 1.73. The first-order chi connectivity index (χ1) is 22.5. The Morgan fingerprint density at radius 1 is 1.06 bits per heavy atom. The number of unbranched alkanes of at least 4 members (excludes halogenated alkanes) is 2. The molecule has 4 rings (SSSR count). The molecule has 0 aliphatic carbocycles. The number of hydrogen-bond acceptors (Lipinski definition) is 7. The van der Waals surface area contributed by atoms with Crippen molar-refractivity contribution < 1.29 is 34.0 Å². The molecule has 2 aliphatic heterocycles. The first-order valence-electron chi connectivity index (χ1n) is 16.8. The van der Waals surface area contributed by atoms with Crippen LogP contribution in [-0.2, 0) is 30.4 Å². The number of fused-ring (bicyclic) bond motifs is 2. The van der Waals surface area contributed by atoms with Crippen LogP contribution in [0.25, 0.3) is 10.9 Å². The third kappa shape index (κ3) is 8.53. The molecule has 5 atom stereocenters. The summed E-state index contributed by atoms with van der Waals surface area (Å²) in [6.45, 7) is 5.96.